The lowest BCUT2D eigenvalue weighted by Gasteiger charge is -2.07. The number of para-hydroxylation sites is 1. The molecule has 0 aliphatic rings. The second kappa shape index (κ2) is 5.80. The number of aliphatic hydroxyl groups is 1. The predicted molar refractivity (Wildman–Crippen MR) is 60.2 cm³/mol. The molecular formula is C10H12N2O5. The Hall–Kier alpha value is -2.15. The van der Waals surface area contributed by atoms with Crippen LogP contribution in [0.1, 0.15) is 16.8 Å². The highest BCUT2D eigenvalue weighted by Gasteiger charge is 2.23. The van der Waals surface area contributed by atoms with Crippen molar-refractivity contribution in [1.82, 2.24) is 0 Å². The smallest absolute Gasteiger partial charge is 0.342 e. The van der Waals surface area contributed by atoms with Gasteiger partial charge in [0, 0.05) is 13.2 Å². The third-order valence-corrected chi connectivity index (χ3v) is 2.10. The van der Waals surface area contributed by atoms with Crippen molar-refractivity contribution in [3.63, 3.8) is 0 Å². The molecule has 17 heavy (non-hydrogen) atoms. The van der Waals surface area contributed by atoms with Gasteiger partial charge in [-0.2, -0.15) is 0 Å². The molecule has 0 spiro atoms. The van der Waals surface area contributed by atoms with Crippen LogP contribution in [0.5, 0.6) is 0 Å². The van der Waals surface area contributed by atoms with Crippen LogP contribution in [0, 0.1) is 10.1 Å². The number of carboxylic acid groups (broad SMARTS) is 1. The highest BCUT2D eigenvalue weighted by atomic mass is 16.6. The topological polar surface area (TPSA) is 113 Å². The summed E-state index contributed by atoms with van der Waals surface area (Å²) in [6.07, 6.45) is 0.425. The normalized spacial score (nSPS) is 9.94. The molecule has 0 saturated heterocycles. The second-order valence-electron chi connectivity index (χ2n) is 3.27. The van der Waals surface area contributed by atoms with Gasteiger partial charge in [-0.05, 0) is 18.6 Å². The van der Waals surface area contributed by atoms with E-state index < -0.39 is 16.6 Å². The van der Waals surface area contributed by atoms with E-state index in [9.17, 15) is 14.9 Å². The molecule has 0 aliphatic heterocycles. The summed E-state index contributed by atoms with van der Waals surface area (Å²) in [5.41, 5.74) is -0.676. The molecule has 0 heterocycles. The van der Waals surface area contributed by atoms with Crippen molar-refractivity contribution in [2.45, 2.75) is 6.42 Å². The van der Waals surface area contributed by atoms with Crippen LogP contribution in [0.15, 0.2) is 18.2 Å². The number of aliphatic hydroxyl groups excluding tert-OH is 1. The summed E-state index contributed by atoms with van der Waals surface area (Å²) >= 11 is 0. The number of anilines is 1. The molecule has 0 unspecified atom stereocenters. The Kier molecular flexibility index (Phi) is 4.41. The molecule has 7 heteroatoms. The number of nitrogens with one attached hydrogen (secondary N) is 1. The summed E-state index contributed by atoms with van der Waals surface area (Å²) in [4.78, 5) is 20.9. The zero-order chi connectivity index (χ0) is 12.8. The van der Waals surface area contributed by atoms with Crippen LogP contribution in [-0.4, -0.2) is 34.3 Å². The molecule has 0 bridgehead atoms. The molecule has 0 fully saturated rings. The van der Waals surface area contributed by atoms with Gasteiger partial charge in [-0.1, -0.05) is 6.07 Å². The number of carboxylic acids is 1. The Labute approximate surface area is 96.8 Å². The average molecular weight is 240 g/mol. The molecule has 0 atom stereocenters. The lowest BCUT2D eigenvalue weighted by molar-refractivity contribution is -0.384. The number of nitro groups is 1. The SMILES string of the molecule is O=C(O)c1cccc(NCCCO)c1[N+](=O)[O-]. The number of hydrogen-bond donors (Lipinski definition) is 3. The minimum absolute atomic E-state index is 0.0422. The van der Waals surface area contributed by atoms with Crippen LogP contribution in [0.3, 0.4) is 0 Å². The third-order valence-electron chi connectivity index (χ3n) is 2.10. The number of rotatable bonds is 6. The molecule has 0 aliphatic carbocycles. The summed E-state index contributed by atoms with van der Waals surface area (Å²) in [7, 11) is 0. The zero-order valence-electron chi connectivity index (χ0n) is 8.92. The molecule has 0 saturated carbocycles. The van der Waals surface area contributed by atoms with Crippen molar-refractivity contribution < 1.29 is 19.9 Å². The van der Waals surface area contributed by atoms with Crippen molar-refractivity contribution in [3.8, 4) is 0 Å². The second-order valence-corrected chi connectivity index (χ2v) is 3.27. The van der Waals surface area contributed by atoms with Gasteiger partial charge in [-0.25, -0.2) is 4.79 Å². The summed E-state index contributed by atoms with van der Waals surface area (Å²) in [5, 5.41) is 31.0. The van der Waals surface area contributed by atoms with E-state index in [4.69, 9.17) is 10.2 Å². The maximum absolute atomic E-state index is 10.8. The largest absolute Gasteiger partial charge is 0.477 e. The number of aromatic carboxylic acids is 1. The zero-order valence-corrected chi connectivity index (χ0v) is 8.92. The minimum Gasteiger partial charge on any atom is -0.477 e. The molecule has 7 nitrogen and oxygen atoms in total. The number of nitrogens with zero attached hydrogens (tertiary/aromatic N) is 1. The molecule has 0 radical (unpaired) electrons. The Morgan fingerprint density at radius 2 is 2.18 bits per heavy atom. The van der Waals surface area contributed by atoms with Crippen molar-refractivity contribution in [2.75, 3.05) is 18.5 Å². The number of benzene rings is 1. The maximum Gasteiger partial charge on any atom is 0.342 e. The van der Waals surface area contributed by atoms with E-state index >= 15 is 0 Å². The lowest BCUT2D eigenvalue weighted by Crippen LogP contribution is -2.09. The van der Waals surface area contributed by atoms with Gasteiger partial charge in [0.25, 0.3) is 0 Å². The van der Waals surface area contributed by atoms with Gasteiger partial charge in [-0.15, -0.1) is 0 Å². The first-order valence-electron chi connectivity index (χ1n) is 4.93. The molecule has 92 valence electrons. The molecular weight excluding hydrogens is 228 g/mol. The van der Waals surface area contributed by atoms with Gasteiger partial charge in [0.05, 0.1) is 4.92 Å². The first-order chi connectivity index (χ1) is 8.07. The van der Waals surface area contributed by atoms with E-state index in [1.807, 2.05) is 0 Å². The van der Waals surface area contributed by atoms with E-state index in [1.165, 1.54) is 18.2 Å². The highest BCUT2D eigenvalue weighted by Crippen LogP contribution is 2.28. The van der Waals surface area contributed by atoms with E-state index in [1.54, 1.807) is 0 Å². The monoisotopic (exact) mass is 240 g/mol. The van der Waals surface area contributed by atoms with Gasteiger partial charge in [0.2, 0.25) is 0 Å². The number of carbonyl (C=O) groups is 1. The molecule has 0 amide bonds. The van der Waals surface area contributed by atoms with Gasteiger partial charge in [-0.3, -0.25) is 10.1 Å². The van der Waals surface area contributed by atoms with Gasteiger partial charge in [0.15, 0.2) is 0 Å². The van der Waals surface area contributed by atoms with Crippen molar-refractivity contribution in [1.29, 1.82) is 0 Å². The Morgan fingerprint density at radius 1 is 1.47 bits per heavy atom. The van der Waals surface area contributed by atoms with E-state index in [-0.39, 0.29) is 17.9 Å². The van der Waals surface area contributed by atoms with Crippen LogP contribution in [0.4, 0.5) is 11.4 Å². The molecule has 1 rings (SSSR count). The van der Waals surface area contributed by atoms with E-state index in [0.29, 0.717) is 13.0 Å². The van der Waals surface area contributed by atoms with Gasteiger partial charge < -0.3 is 15.5 Å². The quantitative estimate of drug-likeness (QED) is 0.389. The summed E-state index contributed by atoms with van der Waals surface area (Å²) in [5.74, 6) is -1.34. The first-order valence-corrected chi connectivity index (χ1v) is 4.93. The number of nitro benzene ring substituents is 1. The summed E-state index contributed by atoms with van der Waals surface area (Å²) < 4.78 is 0. The van der Waals surface area contributed by atoms with Gasteiger partial charge >= 0.3 is 11.7 Å². The van der Waals surface area contributed by atoms with Crippen LogP contribution in [0.2, 0.25) is 0 Å². The van der Waals surface area contributed by atoms with Crippen LogP contribution < -0.4 is 5.32 Å². The molecule has 1 aromatic rings. The summed E-state index contributed by atoms with van der Waals surface area (Å²) in [6, 6.07) is 4.04. The molecule has 1 aromatic carbocycles. The van der Waals surface area contributed by atoms with Crippen LogP contribution in [-0.2, 0) is 0 Å². The first kappa shape index (κ1) is 12.9. The predicted octanol–water partition coefficient (Wildman–Crippen LogP) is 1.09. The maximum atomic E-state index is 10.8. The number of hydrogen-bond acceptors (Lipinski definition) is 5. The van der Waals surface area contributed by atoms with Gasteiger partial charge in [0.1, 0.15) is 11.3 Å². The highest BCUT2D eigenvalue weighted by molar-refractivity contribution is 5.95. The fourth-order valence-electron chi connectivity index (χ4n) is 1.36. The Bertz CT molecular complexity index is 433. The van der Waals surface area contributed by atoms with Crippen LogP contribution in [0.25, 0.3) is 0 Å². The fraction of sp³-hybridized carbons (Fsp3) is 0.300. The molecule has 3 N–H and O–H groups in total. The average Bonchev–Trinajstić information content (AvgIpc) is 2.28. The summed E-state index contributed by atoms with van der Waals surface area (Å²) in [6.45, 7) is 0.291. The van der Waals surface area contributed by atoms with Crippen molar-refractivity contribution in [2.24, 2.45) is 0 Å². The van der Waals surface area contributed by atoms with E-state index in [2.05, 4.69) is 5.32 Å². The van der Waals surface area contributed by atoms with Crippen molar-refractivity contribution >= 4 is 17.3 Å². The molecule has 0 aromatic heterocycles. The minimum atomic E-state index is -1.34. The van der Waals surface area contributed by atoms with Crippen LogP contribution >= 0.6 is 0 Å². The Balaban J connectivity index is 3.07. The fourth-order valence-corrected chi connectivity index (χ4v) is 1.36. The Morgan fingerprint density at radius 3 is 2.71 bits per heavy atom. The standard InChI is InChI=1S/C10H12N2O5/c13-6-2-5-11-8-4-1-3-7(10(14)15)9(8)12(16)17/h1,3-4,11,13H,2,5-6H2,(H,14,15). The van der Waals surface area contributed by atoms with Crippen molar-refractivity contribution in [3.05, 3.63) is 33.9 Å². The third kappa shape index (κ3) is 3.15. The lowest BCUT2D eigenvalue weighted by atomic mass is 10.1. The van der Waals surface area contributed by atoms with E-state index in [0.717, 1.165) is 0 Å².